The van der Waals surface area contributed by atoms with E-state index in [1.165, 1.54) is 12.1 Å². The van der Waals surface area contributed by atoms with E-state index in [1.54, 1.807) is 24.3 Å². The summed E-state index contributed by atoms with van der Waals surface area (Å²) >= 11 is 0. The van der Waals surface area contributed by atoms with E-state index in [2.05, 4.69) is 10.3 Å². The molecule has 0 saturated carbocycles. The minimum absolute atomic E-state index is 0.00102. The molecule has 0 radical (unpaired) electrons. The number of nitro benzene ring substituents is 1. The van der Waals surface area contributed by atoms with E-state index >= 15 is 0 Å². The molecule has 2 N–H and O–H groups in total. The number of nitrogens with one attached hydrogen (secondary N) is 2. The van der Waals surface area contributed by atoms with Gasteiger partial charge in [-0.25, -0.2) is 0 Å². The Hall–Kier alpha value is -2.47. The van der Waals surface area contributed by atoms with E-state index in [-0.39, 0.29) is 11.2 Å². The summed E-state index contributed by atoms with van der Waals surface area (Å²) in [7, 11) is 0. The van der Waals surface area contributed by atoms with Crippen LogP contribution in [-0.2, 0) is 6.54 Å². The van der Waals surface area contributed by atoms with E-state index < -0.39 is 4.92 Å². The van der Waals surface area contributed by atoms with Crippen LogP contribution in [0.1, 0.15) is 19.4 Å². The molecular weight excluding hydrogens is 270 g/mol. The Morgan fingerprint density at radius 1 is 1.29 bits per heavy atom. The lowest BCUT2D eigenvalue weighted by molar-refractivity contribution is -0.384. The Kier molecular flexibility index (Phi) is 4.49. The first-order valence-electron chi connectivity index (χ1n) is 6.68. The van der Waals surface area contributed by atoms with Crippen LogP contribution in [-0.4, -0.2) is 15.9 Å². The Balaban J connectivity index is 2.29. The largest absolute Gasteiger partial charge is 0.322 e. The van der Waals surface area contributed by atoms with Crippen molar-refractivity contribution in [2.24, 2.45) is 0 Å². The van der Waals surface area contributed by atoms with Gasteiger partial charge in [0.15, 0.2) is 0 Å². The third-order valence-electron chi connectivity index (χ3n) is 3.06. The topological polar surface area (TPSA) is 88.0 Å². The molecule has 1 aromatic carbocycles. The van der Waals surface area contributed by atoms with E-state index in [0.29, 0.717) is 29.4 Å². The lowest BCUT2D eigenvalue weighted by atomic mass is 10.1. The maximum atomic E-state index is 12.0. The molecule has 2 aromatic rings. The Labute approximate surface area is 122 Å². The molecule has 6 nitrogen and oxygen atoms in total. The number of aromatic amines is 1. The van der Waals surface area contributed by atoms with Crippen molar-refractivity contribution in [1.82, 2.24) is 10.3 Å². The second kappa shape index (κ2) is 6.32. The van der Waals surface area contributed by atoms with Crippen molar-refractivity contribution in [2.75, 3.05) is 0 Å². The molecule has 1 aromatic heterocycles. The molecule has 1 heterocycles. The van der Waals surface area contributed by atoms with Gasteiger partial charge in [0, 0.05) is 41.5 Å². The third-order valence-corrected chi connectivity index (χ3v) is 3.06. The summed E-state index contributed by atoms with van der Waals surface area (Å²) in [4.78, 5) is 25.1. The molecule has 0 fully saturated rings. The molecule has 0 aliphatic heterocycles. The average Bonchev–Trinajstić information content (AvgIpc) is 2.46. The molecule has 0 bridgehead atoms. The van der Waals surface area contributed by atoms with Crippen LogP contribution in [0.4, 0.5) is 5.69 Å². The van der Waals surface area contributed by atoms with Gasteiger partial charge in [0.1, 0.15) is 0 Å². The summed E-state index contributed by atoms with van der Waals surface area (Å²) in [5.41, 5.74) is 1.63. The second-order valence-electron chi connectivity index (χ2n) is 5.07. The van der Waals surface area contributed by atoms with Crippen molar-refractivity contribution >= 4 is 5.69 Å². The number of benzene rings is 1. The predicted molar refractivity (Wildman–Crippen MR) is 81.1 cm³/mol. The molecule has 0 aliphatic carbocycles. The van der Waals surface area contributed by atoms with Gasteiger partial charge in [0.2, 0.25) is 0 Å². The van der Waals surface area contributed by atoms with Crippen LogP contribution < -0.4 is 10.9 Å². The van der Waals surface area contributed by atoms with E-state index in [1.807, 2.05) is 13.8 Å². The fraction of sp³-hybridized carbons (Fsp3) is 0.267. The van der Waals surface area contributed by atoms with Crippen molar-refractivity contribution in [1.29, 1.82) is 0 Å². The molecule has 0 spiro atoms. The minimum Gasteiger partial charge on any atom is -0.322 e. The molecule has 21 heavy (non-hydrogen) atoms. The quantitative estimate of drug-likeness (QED) is 0.653. The highest BCUT2D eigenvalue weighted by atomic mass is 16.6. The third kappa shape index (κ3) is 3.76. The minimum atomic E-state index is -0.456. The van der Waals surface area contributed by atoms with Gasteiger partial charge in [-0.3, -0.25) is 14.9 Å². The zero-order valence-corrected chi connectivity index (χ0v) is 11.9. The number of hydrogen-bond donors (Lipinski definition) is 2. The number of rotatable bonds is 5. The number of non-ortho nitro benzene ring substituents is 1. The Bertz CT molecular complexity index is 707. The van der Waals surface area contributed by atoms with Gasteiger partial charge in [-0.05, 0) is 6.07 Å². The number of nitrogens with zero attached hydrogens (tertiary/aromatic N) is 1. The fourth-order valence-electron chi connectivity index (χ4n) is 1.91. The average molecular weight is 287 g/mol. The van der Waals surface area contributed by atoms with E-state index in [9.17, 15) is 14.9 Å². The van der Waals surface area contributed by atoms with Gasteiger partial charge in [0.25, 0.3) is 11.2 Å². The smallest absolute Gasteiger partial charge is 0.270 e. The molecule has 0 aliphatic rings. The van der Waals surface area contributed by atoms with Crippen molar-refractivity contribution in [3.05, 3.63) is 62.4 Å². The van der Waals surface area contributed by atoms with Crippen LogP contribution in [0.3, 0.4) is 0 Å². The summed E-state index contributed by atoms with van der Waals surface area (Å²) in [5.74, 6) is 0. The van der Waals surface area contributed by atoms with Crippen LogP contribution >= 0.6 is 0 Å². The molecule has 0 amide bonds. The van der Waals surface area contributed by atoms with Crippen LogP contribution in [0.5, 0.6) is 0 Å². The van der Waals surface area contributed by atoms with Crippen LogP contribution in [0.25, 0.3) is 11.3 Å². The second-order valence-corrected chi connectivity index (χ2v) is 5.07. The standard InChI is InChI=1S/C15H17N3O3/c1-10(2)16-9-12-6-7-14(17-15(12)19)11-4-3-5-13(8-11)18(20)21/h3-8,10,16H,9H2,1-2H3,(H,17,19). The first kappa shape index (κ1) is 14.9. The summed E-state index contributed by atoms with van der Waals surface area (Å²) in [6, 6.07) is 9.98. The van der Waals surface area contributed by atoms with E-state index in [4.69, 9.17) is 0 Å². The number of pyridine rings is 1. The van der Waals surface area contributed by atoms with Crippen molar-refractivity contribution < 1.29 is 4.92 Å². The first-order valence-corrected chi connectivity index (χ1v) is 6.68. The molecule has 2 rings (SSSR count). The Morgan fingerprint density at radius 3 is 2.67 bits per heavy atom. The number of nitro groups is 1. The summed E-state index contributed by atoms with van der Waals surface area (Å²) in [6.45, 7) is 4.50. The summed E-state index contributed by atoms with van der Waals surface area (Å²) in [6.07, 6.45) is 0. The predicted octanol–water partition coefficient (Wildman–Crippen LogP) is 2.45. The molecular formula is C15H17N3O3. The first-order chi connectivity index (χ1) is 9.97. The van der Waals surface area contributed by atoms with Gasteiger partial charge in [-0.2, -0.15) is 0 Å². The molecule has 0 atom stereocenters. The lowest BCUT2D eigenvalue weighted by Crippen LogP contribution is -2.26. The maximum absolute atomic E-state index is 12.0. The molecule has 6 heteroatoms. The van der Waals surface area contributed by atoms with Crippen LogP contribution in [0.15, 0.2) is 41.2 Å². The monoisotopic (exact) mass is 287 g/mol. The number of H-pyrrole nitrogens is 1. The summed E-state index contributed by atoms with van der Waals surface area (Å²) in [5, 5.41) is 14.0. The van der Waals surface area contributed by atoms with E-state index in [0.717, 1.165) is 0 Å². The van der Waals surface area contributed by atoms with Gasteiger partial charge in [-0.15, -0.1) is 0 Å². The number of hydrogen-bond acceptors (Lipinski definition) is 4. The van der Waals surface area contributed by atoms with Gasteiger partial charge in [-0.1, -0.05) is 32.0 Å². The van der Waals surface area contributed by atoms with Gasteiger partial charge >= 0.3 is 0 Å². The number of aromatic nitrogens is 1. The van der Waals surface area contributed by atoms with Gasteiger partial charge < -0.3 is 10.3 Å². The zero-order valence-electron chi connectivity index (χ0n) is 11.9. The summed E-state index contributed by atoms with van der Waals surface area (Å²) < 4.78 is 0. The fourth-order valence-corrected chi connectivity index (χ4v) is 1.91. The molecule has 110 valence electrons. The van der Waals surface area contributed by atoms with Crippen LogP contribution in [0.2, 0.25) is 0 Å². The maximum Gasteiger partial charge on any atom is 0.270 e. The highest BCUT2D eigenvalue weighted by molar-refractivity contribution is 5.62. The molecule has 0 unspecified atom stereocenters. The SMILES string of the molecule is CC(C)NCc1ccc(-c2cccc([N+](=O)[O-])c2)[nH]c1=O. The zero-order chi connectivity index (χ0) is 15.4. The van der Waals surface area contributed by atoms with Crippen molar-refractivity contribution in [3.8, 4) is 11.3 Å². The van der Waals surface area contributed by atoms with Crippen molar-refractivity contribution in [3.63, 3.8) is 0 Å². The normalized spacial score (nSPS) is 10.8. The van der Waals surface area contributed by atoms with Crippen molar-refractivity contribution in [2.45, 2.75) is 26.4 Å². The Morgan fingerprint density at radius 2 is 2.05 bits per heavy atom. The molecule has 0 saturated heterocycles. The van der Waals surface area contributed by atoms with Crippen LogP contribution in [0, 0.1) is 10.1 Å². The lowest BCUT2D eigenvalue weighted by Gasteiger charge is -2.08. The highest BCUT2D eigenvalue weighted by Crippen LogP contribution is 2.21. The highest BCUT2D eigenvalue weighted by Gasteiger charge is 2.09. The van der Waals surface area contributed by atoms with Gasteiger partial charge in [0.05, 0.1) is 4.92 Å².